The molecular formula is C21H24N2O2. The molecule has 2 aromatic rings. The molecule has 130 valence electrons. The average Bonchev–Trinajstić information content (AvgIpc) is 3.15. The number of anilines is 1. The lowest BCUT2D eigenvalue weighted by Crippen LogP contribution is -2.32. The monoisotopic (exact) mass is 336 g/mol. The number of carbonyl (C=O) groups excluding carboxylic acids is 2. The van der Waals surface area contributed by atoms with Crippen molar-refractivity contribution in [3.8, 4) is 0 Å². The molecule has 0 spiro atoms. The third-order valence-electron chi connectivity index (χ3n) is 4.72. The molecule has 0 atom stereocenters. The smallest absolute Gasteiger partial charge is 0.255 e. The summed E-state index contributed by atoms with van der Waals surface area (Å²) in [6.07, 6.45) is 5.27. The van der Waals surface area contributed by atoms with Gasteiger partial charge in [-0.3, -0.25) is 9.59 Å². The van der Waals surface area contributed by atoms with Crippen molar-refractivity contribution in [3.63, 3.8) is 0 Å². The predicted octanol–water partition coefficient (Wildman–Crippen LogP) is 4.17. The van der Waals surface area contributed by atoms with Crippen LogP contribution in [-0.4, -0.2) is 17.9 Å². The highest BCUT2D eigenvalue weighted by atomic mass is 16.2. The van der Waals surface area contributed by atoms with Crippen LogP contribution < -0.4 is 10.6 Å². The molecule has 0 heterocycles. The molecule has 2 N–H and O–H groups in total. The zero-order chi connectivity index (χ0) is 17.6. The van der Waals surface area contributed by atoms with Crippen molar-refractivity contribution < 1.29 is 9.59 Å². The third kappa shape index (κ3) is 4.27. The van der Waals surface area contributed by atoms with Gasteiger partial charge >= 0.3 is 0 Å². The molecule has 0 bridgehead atoms. The molecule has 3 rings (SSSR count). The minimum Gasteiger partial charge on any atom is -0.349 e. The van der Waals surface area contributed by atoms with Crippen molar-refractivity contribution in [2.75, 3.05) is 5.32 Å². The summed E-state index contributed by atoms with van der Waals surface area (Å²) in [6.45, 7) is 2.05. The summed E-state index contributed by atoms with van der Waals surface area (Å²) >= 11 is 0. The van der Waals surface area contributed by atoms with Crippen molar-refractivity contribution in [2.24, 2.45) is 0 Å². The Labute approximate surface area is 148 Å². The van der Waals surface area contributed by atoms with Gasteiger partial charge in [0.25, 0.3) is 11.8 Å². The Morgan fingerprint density at radius 2 is 1.64 bits per heavy atom. The number of aryl methyl sites for hydroxylation is 1. The quantitative estimate of drug-likeness (QED) is 0.861. The van der Waals surface area contributed by atoms with Gasteiger partial charge in [-0.25, -0.2) is 0 Å². The molecule has 0 saturated heterocycles. The van der Waals surface area contributed by atoms with Gasteiger partial charge in [0.15, 0.2) is 0 Å². The molecule has 2 amide bonds. The van der Waals surface area contributed by atoms with E-state index in [1.807, 2.05) is 24.3 Å². The van der Waals surface area contributed by atoms with Crippen LogP contribution in [0.2, 0.25) is 0 Å². The zero-order valence-corrected chi connectivity index (χ0v) is 14.5. The third-order valence-corrected chi connectivity index (χ3v) is 4.72. The van der Waals surface area contributed by atoms with Gasteiger partial charge in [0.1, 0.15) is 0 Å². The van der Waals surface area contributed by atoms with Crippen molar-refractivity contribution >= 4 is 17.5 Å². The fourth-order valence-electron chi connectivity index (χ4n) is 3.29. The van der Waals surface area contributed by atoms with Crippen molar-refractivity contribution in [2.45, 2.75) is 45.1 Å². The molecule has 4 heteroatoms. The second-order valence-electron chi connectivity index (χ2n) is 6.50. The number of nitrogens with one attached hydrogen (secondary N) is 2. The highest BCUT2D eigenvalue weighted by Crippen LogP contribution is 2.19. The molecule has 1 saturated carbocycles. The lowest BCUT2D eigenvalue weighted by molar-refractivity contribution is 0.0938. The second-order valence-corrected chi connectivity index (χ2v) is 6.50. The summed E-state index contributed by atoms with van der Waals surface area (Å²) in [7, 11) is 0. The molecule has 1 fully saturated rings. The first-order chi connectivity index (χ1) is 12.2. The van der Waals surface area contributed by atoms with Gasteiger partial charge in [-0.15, -0.1) is 0 Å². The molecule has 25 heavy (non-hydrogen) atoms. The minimum atomic E-state index is -0.198. The lowest BCUT2D eigenvalue weighted by atomic mass is 10.1. The van der Waals surface area contributed by atoms with Crippen LogP contribution in [0, 0.1) is 0 Å². The maximum atomic E-state index is 12.6. The van der Waals surface area contributed by atoms with Crippen molar-refractivity contribution in [1.82, 2.24) is 5.32 Å². The first kappa shape index (κ1) is 17.2. The second kappa shape index (κ2) is 7.97. The van der Waals surface area contributed by atoms with E-state index in [2.05, 4.69) is 17.6 Å². The van der Waals surface area contributed by atoms with E-state index in [0.717, 1.165) is 30.5 Å². The van der Waals surface area contributed by atoms with E-state index in [4.69, 9.17) is 0 Å². The van der Waals surface area contributed by atoms with Crippen LogP contribution in [0.15, 0.2) is 48.5 Å². The van der Waals surface area contributed by atoms with Crippen LogP contribution in [0.4, 0.5) is 5.69 Å². The Morgan fingerprint density at radius 3 is 2.36 bits per heavy atom. The number of hydrogen-bond donors (Lipinski definition) is 2. The molecule has 0 unspecified atom stereocenters. The maximum absolute atomic E-state index is 12.6. The van der Waals surface area contributed by atoms with Crippen molar-refractivity contribution in [3.05, 3.63) is 65.2 Å². The Bertz CT molecular complexity index is 764. The van der Waals surface area contributed by atoms with E-state index < -0.39 is 0 Å². The Morgan fingerprint density at radius 1 is 0.960 bits per heavy atom. The molecule has 0 radical (unpaired) electrons. The number of amides is 2. The normalized spacial score (nSPS) is 14.3. The van der Waals surface area contributed by atoms with Gasteiger partial charge in [0, 0.05) is 22.9 Å². The van der Waals surface area contributed by atoms with E-state index >= 15 is 0 Å². The predicted molar refractivity (Wildman–Crippen MR) is 99.9 cm³/mol. The van der Waals surface area contributed by atoms with Crippen LogP contribution in [0.5, 0.6) is 0 Å². The van der Waals surface area contributed by atoms with E-state index in [9.17, 15) is 9.59 Å². The van der Waals surface area contributed by atoms with Gasteiger partial charge in [-0.05, 0) is 49.1 Å². The number of benzene rings is 2. The maximum Gasteiger partial charge on any atom is 0.255 e. The largest absolute Gasteiger partial charge is 0.349 e. The first-order valence-electron chi connectivity index (χ1n) is 8.97. The van der Waals surface area contributed by atoms with E-state index in [1.54, 1.807) is 24.3 Å². The molecule has 0 aliphatic heterocycles. The lowest BCUT2D eigenvalue weighted by Gasteiger charge is -2.13. The number of rotatable bonds is 5. The number of carbonyl (C=O) groups is 2. The molecule has 1 aliphatic rings. The Kier molecular flexibility index (Phi) is 5.49. The summed E-state index contributed by atoms with van der Waals surface area (Å²) in [5, 5.41) is 6.00. The zero-order valence-electron chi connectivity index (χ0n) is 14.5. The summed E-state index contributed by atoms with van der Waals surface area (Å²) in [6, 6.07) is 14.9. The van der Waals surface area contributed by atoms with E-state index in [0.29, 0.717) is 11.1 Å². The van der Waals surface area contributed by atoms with E-state index in [1.165, 1.54) is 12.8 Å². The standard InChI is InChI=1S/C21H24N2O2/c1-2-15-8-3-6-13-19(15)23-21(25)17-10-7-9-16(14-17)20(24)22-18-11-4-5-12-18/h3,6-10,13-14,18H,2,4-5,11-12H2,1H3,(H,22,24)(H,23,25). The van der Waals surface area contributed by atoms with Gasteiger partial charge in [-0.1, -0.05) is 44.0 Å². The molecule has 1 aliphatic carbocycles. The van der Waals surface area contributed by atoms with E-state index in [-0.39, 0.29) is 17.9 Å². The van der Waals surface area contributed by atoms with Crippen LogP contribution in [0.3, 0.4) is 0 Å². The summed E-state index contributed by atoms with van der Waals surface area (Å²) in [4.78, 5) is 25.0. The fraction of sp³-hybridized carbons (Fsp3) is 0.333. The summed E-state index contributed by atoms with van der Waals surface area (Å²) in [5.74, 6) is -0.299. The van der Waals surface area contributed by atoms with Crippen LogP contribution in [-0.2, 0) is 6.42 Å². The average molecular weight is 336 g/mol. The Hall–Kier alpha value is -2.62. The number of para-hydroxylation sites is 1. The molecule has 4 nitrogen and oxygen atoms in total. The molecule has 0 aromatic heterocycles. The van der Waals surface area contributed by atoms with Crippen LogP contribution in [0.1, 0.15) is 58.9 Å². The highest BCUT2D eigenvalue weighted by Gasteiger charge is 2.18. The summed E-state index contributed by atoms with van der Waals surface area (Å²) < 4.78 is 0. The minimum absolute atomic E-state index is 0.101. The SMILES string of the molecule is CCc1ccccc1NC(=O)c1cccc(C(=O)NC2CCCC2)c1. The number of hydrogen-bond acceptors (Lipinski definition) is 2. The van der Waals surface area contributed by atoms with Gasteiger partial charge < -0.3 is 10.6 Å². The van der Waals surface area contributed by atoms with Crippen LogP contribution >= 0.6 is 0 Å². The van der Waals surface area contributed by atoms with Gasteiger partial charge in [-0.2, -0.15) is 0 Å². The molecular weight excluding hydrogens is 312 g/mol. The topological polar surface area (TPSA) is 58.2 Å². The Balaban J connectivity index is 1.71. The molecule has 2 aromatic carbocycles. The van der Waals surface area contributed by atoms with Crippen LogP contribution in [0.25, 0.3) is 0 Å². The fourth-order valence-corrected chi connectivity index (χ4v) is 3.29. The summed E-state index contributed by atoms with van der Waals surface area (Å²) in [5.41, 5.74) is 2.93. The van der Waals surface area contributed by atoms with Gasteiger partial charge in [0.05, 0.1) is 0 Å². The van der Waals surface area contributed by atoms with Gasteiger partial charge in [0.2, 0.25) is 0 Å². The highest BCUT2D eigenvalue weighted by molar-refractivity contribution is 6.06. The first-order valence-corrected chi connectivity index (χ1v) is 8.97. The van der Waals surface area contributed by atoms with Crippen molar-refractivity contribution in [1.29, 1.82) is 0 Å².